The first-order valence-electron chi connectivity index (χ1n) is 9.15. The number of methoxy groups -OCH3 is 1. The van der Waals surface area contributed by atoms with E-state index in [-0.39, 0.29) is 6.10 Å². The molecule has 4 aromatic rings. The highest BCUT2D eigenvalue weighted by Crippen LogP contribution is 2.39. The summed E-state index contributed by atoms with van der Waals surface area (Å²) in [5.41, 5.74) is 6.90. The summed E-state index contributed by atoms with van der Waals surface area (Å²) in [5.74, 6) is 0. The van der Waals surface area contributed by atoms with Gasteiger partial charge in [-0.15, -0.1) is 0 Å². The first-order valence-corrected chi connectivity index (χ1v) is 9.15. The van der Waals surface area contributed by atoms with Crippen molar-refractivity contribution in [1.29, 1.82) is 0 Å². The van der Waals surface area contributed by atoms with Crippen LogP contribution in [0.4, 0.5) is 5.69 Å². The molecule has 1 atom stereocenters. The molecule has 3 aromatic carbocycles. The number of benzene rings is 3. The molecule has 0 spiro atoms. The van der Waals surface area contributed by atoms with Crippen LogP contribution < -0.4 is 4.90 Å². The van der Waals surface area contributed by atoms with Gasteiger partial charge in [0.05, 0.1) is 5.69 Å². The van der Waals surface area contributed by atoms with Crippen LogP contribution in [0.1, 0.15) is 17.2 Å². The molecule has 0 amide bonds. The Hall–Kier alpha value is -3.04. The van der Waals surface area contributed by atoms with Crippen molar-refractivity contribution in [3.05, 3.63) is 90.0 Å². The van der Waals surface area contributed by atoms with Gasteiger partial charge in [-0.25, -0.2) is 0 Å². The van der Waals surface area contributed by atoms with Crippen molar-refractivity contribution >= 4 is 16.6 Å². The average Bonchev–Trinajstić information content (AvgIpc) is 3.09. The molecule has 0 bridgehead atoms. The van der Waals surface area contributed by atoms with Crippen LogP contribution in [-0.4, -0.2) is 26.2 Å². The third-order valence-corrected chi connectivity index (χ3v) is 5.02. The Morgan fingerprint density at radius 2 is 1.48 bits per heavy atom. The Labute approximate surface area is 160 Å². The Balaban J connectivity index is 1.90. The predicted molar refractivity (Wildman–Crippen MR) is 113 cm³/mol. The smallest absolute Gasteiger partial charge is 0.110 e. The molecule has 1 N–H and O–H groups in total. The molecule has 136 valence electrons. The molecular formula is C24H24N2O. The molecule has 0 fully saturated rings. The molecule has 0 saturated heterocycles. The quantitative estimate of drug-likeness (QED) is 0.501. The van der Waals surface area contributed by atoms with Crippen LogP contribution in [-0.2, 0) is 4.74 Å². The third kappa shape index (κ3) is 3.22. The maximum atomic E-state index is 6.02. The van der Waals surface area contributed by atoms with Crippen LogP contribution in [0, 0.1) is 0 Å². The number of para-hydroxylation sites is 1. The Morgan fingerprint density at radius 3 is 2.15 bits per heavy atom. The molecule has 27 heavy (non-hydrogen) atoms. The number of aromatic amines is 1. The number of fused-ring (bicyclic) bond motifs is 1. The molecule has 1 aromatic heterocycles. The Kier molecular flexibility index (Phi) is 4.69. The molecule has 0 aliphatic carbocycles. The van der Waals surface area contributed by atoms with E-state index in [0.717, 1.165) is 22.3 Å². The zero-order valence-corrected chi connectivity index (χ0v) is 15.9. The SMILES string of the molecule is COC(c1ccc(N(C)C)cc1)c1c(-c2ccccc2)[nH]c2ccccc12. The molecule has 1 heterocycles. The molecule has 3 nitrogen and oxygen atoms in total. The van der Waals surface area contributed by atoms with Crippen molar-refractivity contribution in [2.75, 3.05) is 26.1 Å². The summed E-state index contributed by atoms with van der Waals surface area (Å²) < 4.78 is 6.02. The van der Waals surface area contributed by atoms with Gasteiger partial charge in [0.25, 0.3) is 0 Å². The second kappa shape index (κ2) is 7.29. The topological polar surface area (TPSA) is 28.3 Å². The number of hydrogen-bond donors (Lipinski definition) is 1. The first kappa shape index (κ1) is 17.4. The molecule has 0 saturated carbocycles. The highest BCUT2D eigenvalue weighted by atomic mass is 16.5. The van der Waals surface area contributed by atoms with Crippen LogP contribution >= 0.6 is 0 Å². The predicted octanol–water partition coefficient (Wildman–Crippen LogP) is 5.64. The zero-order valence-electron chi connectivity index (χ0n) is 15.9. The zero-order chi connectivity index (χ0) is 18.8. The molecule has 4 rings (SSSR count). The standard InChI is InChI=1S/C24H24N2O/c1-26(2)19-15-13-18(14-16-19)24(27-3)22-20-11-7-8-12-21(20)25-23(22)17-9-5-4-6-10-17/h4-16,24-25H,1-3H3. The largest absolute Gasteiger partial charge is 0.378 e. The van der Waals surface area contributed by atoms with Gasteiger partial charge < -0.3 is 14.6 Å². The van der Waals surface area contributed by atoms with E-state index in [9.17, 15) is 0 Å². The van der Waals surface area contributed by atoms with Gasteiger partial charge in [0, 0.05) is 43.4 Å². The van der Waals surface area contributed by atoms with Crippen LogP contribution in [0.2, 0.25) is 0 Å². The molecule has 0 aliphatic rings. The van der Waals surface area contributed by atoms with E-state index >= 15 is 0 Å². The van der Waals surface area contributed by atoms with Gasteiger partial charge in [0.2, 0.25) is 0 Å². The summed E-state index contributed by atoms with van der Waals surface area (Å²) in [7, 11) is 5.88. The summed E-state index contributed by atoms with van der Waals surface area (Å²) >= 11 is 0. The molecule has 0 aliphatic heterocycles. The van der Waals surface area contributed by atoms with E-state index in [1.165, 1.54) is 16.6 Å². The Morgan fingerprint density at radius 1 is 0.815 bits per heavy atom. The number of nitrogens with one attached hydrogen (secondary N) is 1. The van der Waals surface area contributed by atoms with Gasteiger partial charge in [0.15, 0.2) is 0 Å². The Bertz CT molecular complexity index is 1030. The van der Waals surface area contributed by atoms with Crippen LogP contribution in [0.15, 0.2) is 78.9 Å². The lowest BCUT2D eigenvalue weighted by molar-refractivity contribution is 0.138. The molecule has 0 radical (unpaired) electrons. The van der Waals surface area contributed by atoms with Crippen molar-refractivity contribution in [2.24, 2.45) is 0 Å². The van der Waals surface area contributed by atoms with Gasteiger partial charge in [-0.1, -0.05) is 60.7 Å². The summed E-state index contributed by atoms with van der Waals surface area (Å²) in [4.78, 5) is 5.71. The lowest BCUT2D eigenvalue weighted by atomic mass is 9.95. The maximum Gasteiger partial charge on any atom is 0.110 e. The monoisotopic (exact) mass is 356 g/mol. The van der Waals surface area contributed by atoms with Crippen molar-refractivity contribution in [3.8, 4) is 11.3 Å². The van der Waals surface area contributed by atoms with Crippen molar-refractivity contribution in [1.82, 2.24) is 4.98 Å². The van der Waals surface area contributed by atoms with Gasteiger partial charge in [-0.3, -0.25) is 0 Å². The van der Waals surface area contributed by atoms with E-state index in [4.69, 9.17) is 4.74 Å². The second-order valence-electron chi connectivity index (χ2n) is 6.93. The minimum absolute atomic E-state index is 0.146. The molecule has 3 heteroatoms. The summed E-state index contributed by atoms with van der Waals surface area (Å²) in [6.07, 6.45) is -0.146. The van der Waals surface area contributed by atoms with Crippen molar-refractivity contribution in [3.63, 3.8) is 0 Å². The van der Waals surface area contributed by atoms with Crippen LogP contribution in [0.3, 0.4) is 0 Å². The van der Waals surface area contributed by atoms with E-state index < -0.39 is 0 Å². The fourth-order valence-corrected chi connectivity index (χ4v) is 3.64. The van der Waals surface area contributed by atoms with E-state index in [0.29, 0.717) is 0 Å². The number of H-pyrrole nitrogens is 1. The van der Waals surface area contributed by atoms with Crippen LogP contribution in [0.25, 0.3) is 22.2 Å². The maximum absolute atomic E-state index is 6.02. The number of nitrogens with zero attached hydrogens (tertiary/aromatic N) is 1. The van der Waals surface area contributed by atoms with Gasteiger partial charge in [0.1, 0.15) is 6.10 Å². The van der Waals surface area contributed by atoms with E-state index in [2.05, 4.69) is 96.8 Å². The van der Waals surface area contributed by atoms with Crippen LogP contribution in [0.5, 0.6) is 0 Å². The summed E-state index contributed by atoms with van der Waals surface area (Å²) in [6.45, 7) is 0. The normalized spacial score (nSPS) is 12.3. The van der Waals surface area contributed by atoms with E-state index in [1.807, 2.05) is 6.07 Å². The van der Waals surface area contributed by atoms with Crippen molar-refractivity contribution < 1.29 is 4.74 Å². The minimum Gasteiger partial charge on any atom is -0.378 e. The first-order chi connectivity index (χ1) is 13.2. The number of rotatable bonds is 5. The highest BCUT2D eigenvalue weighted by Gasteiger charge is 2.23. The number of ether oxygens (including phenoxy) is 1. The van der Waals surface area contributed by atoms with Gasteiger partial charge >= 0.3 is 0 Å². The third-order valence-electron chi connectivity index (χ3n) is 5.02. The fraction of sp³-hybridized carbons (Fsp3) is 0.167. The minimum atomic E-state index is -0.146. The molecule has 1 unspecified atom stereocenters. The van der Waals surface area contributed by atoms with Crippen molar-refractivity contribution in [2.45, 2.75) is 6.10 Å². The second-order valence-corrected chi connectivity index (χ2v) is 6.93. The lowest BCUT2D eigenvalue weighted by Crippen LogP contribution is -2.09. The number of aromatic nitrogens is 1. The fourth-order valence-electron chi connectivity index (χ4n) is 3.64. The summed E-state index contributed by atoms with van der Waals surface area (Å²) in [6, 6.07) is 27.4. The number of hydrogen-bond acceptors (Lipinski definition) is 2. The average molecular weight is 356 g/mol. The molecular weight excluding hydrogens is 332 g/mol. The lowest BCUT2D eigenvalue weighted by Gasteiger charge is -2.19. The van der Waals surface area contributed by atoms with Gasteiger partial charge in [-0.2, -0.15) is 0 Å². The summed E-state index contributed by atoms with van der Waals surface area (Å²) in [5, 5.41) is 1.19. The van der Waals surface area contributed by atoms with E-state index in [1.54, 1.807) is 7.11 Å². The number of anilines is 1. The highest BCUT2D eigenvalue weighted by molar-refractivity contribution is 5.91. The van der Waals surface area contributed by atoms with Gasteiger partial charge in [-0.05, 0) is 29.3 Å².